The quantitative estimate of drug-likeness (QED) is 0.444. The molecule has 1 aromatic heterocycles. The van der Waals surface area contributed by atoms with Crippen LogP contribution in [-0.2, 0) is 23.4 Å². The monoisotopic (exact) mass is 430 g/mol. The Kier molecular flexibility index (Phi) is 8.27. The SMILES string of the molecule is CCNC(=NCc1cccc(CN2CCOC(C)C2)c1)NCC(C)(O)c1ccsc1. The first kappa shape index (κ1) is 22.7. The minimum atomic E-state index is -0.939. The zero-order valence-electron chi connectivity index (χ0n) is 18.2. The summed E-state index contributed by atoms with van der Waals surface area (Å²) in [4.78, 5) is 7.16. The number of hydrogen-bond donors (Lipinski definition) is 3. The lowest BCUT2D eigenvalue weighted by atomic mass is 9.99. The smallest absolute Gasteiger partial charge is 0.191 e. The highest BCUT2D eigenvalue weighted by atomic mass is 32.1. The molecule has 0 radical (unpaired) electrons. The Morgan fingerprint density at radius 2 is 2.17 bits per heavy atom. The van der Waals surface area contributed by atoms with Crippen LogP contribution in [0.25, 0.3) is 0 Å². The van der Waals surface area contributed by atoms with Gasteiger partial charge in [-0.15, -0.1) is 0 Å². The van der Waals surface area contributed by atoms with Crippen LogP contribution in [0.15, 0.2) is 46.1 Å². The van der Waals surface area contributed by atoms with Gasteiger partial charge in [-0.2, -0.15) is 11.3 Å². The highest BCUT2D eigenvalue weighted by Gasteiger charge is 2.23. The van der Waals surface area contributed by atoms with Gasteiger partial charge in [0.25, 0.3) is 0 Å². The maximum Gasteiger partial charge on any atom is 0.191 e. The number of morpholine rings is 1. The first-order valence-electron chi connectivity index (χ1n) is 10.7. The van der Waals surface area contributed by atoms with Crippen molar-refractivity contribution in [2.24, 2.45) is 4.99 Å². The van der Waals surface area contributed by atoms with E-state index in [1.807, 2.05) is 30.7 Å². The molecular weight excluding hydrogens is 396 g/mol. The molecule has 30 heavy (non-hydrogen) atoms. The third kappa shape index (κ3) is 6.80. The van der Waals surface area contributed by atoms with E-state index < -0.39 is 5.60 Å². The fourth-order valence-corrected chi connectivity index (χ4v) is 4.34. The van der Waals surface area contributed by atoms with Crippen LogP contribution in [0.5, 0.6) is 0 Å². The zero-order valence-corrected chi connectivity index (χ0v) is 19.0. The van der Waals surface area contributed by atoms with Gasteiger partial charge >= 0.3 is 0 Å². The van der Waals surface area contributed by atoms with E-state index >= 15 is 0 Å². The predicted octanol–water partition coefficient (Wildman–Crippen LogP) is 2.93. The highest BCUT2D eigenvalue weighted by Crippen LogP contribution is 2.22. The predicted molar refractivity (Wildman–Crippen MR) is 124 cm³/mol. The van der Waals surface area contributed by atoms with Crippen LogP contribution in [0.1, 0.15) is 37.5 Å². The minimum Gasteiger partial charge on any atom is -0.384 e. The molecule has 1 aliphatic rings. The lowest BCUT2D eigenvalue weighted by Crippen LogP contribution is -2.44. The molecule has 0 saturated carbocycles. The van der Waals surface area contributed by atoms with Crippen LogP contribution in [0, 0.1) is 0 Å². The standard InChI is InChI=1S/C23H34N4O2S/c1-4-24-22(26-17-23(3,28)21-8-11-30-16-21)25-13-19-6-5-7-20(12-19)15-27-9-10-29-18(2)14-27/h5-8,11-12,16,18,28H,4,9-10,13-15,17H2,1-3H3,(H2,24,25,26). The molecule has 2 aromatic rings. The van der Waals surface area contributed by atoms with Gasteiger partial charge in [-0.1, -0.05) is 24.3 Å². The van der Waals surface area contributed by atoms with E-state index in [0.717, 1.165) is 38.3 Å². The second-order valence-corrected chi connectivity index (χ2v) is 8.85. The van der Waals surface area contributed by atoms with Crippen LogP contribution in [-0.4, -0.2) is 54.9 Å². The Balaban J connectivity index is 1.58. The van der Waals surface area contributed by atoms with Crippen molar-refractivity contribution >= 4 is 17.3 Å². The number of thiophene rings is 1. The van der Waals surface area contributed by atoms with Gasteiger partial charge < -0.3 is 20.5 Å². The summed E-state index contributed by atoms with van der Waals surface area (Å²) >= 11 is 1.59. The number of nitrogens with one attached hydrogen (secondary N) is 2. The Bertz CT molecular complexity index is 807. The van der Waals surface area contributed by atoms with Crippen LogP contribution in [0.4, 0.5) is 0 Å². The largest absolute Gasteiger partial charge is 0.384 e. The van der Waals surface area contributed by atoms with Crippen LogP contribution < -0.4 is 10.6 Å². The molecule has 1 fully saturated rings. The number of aliphatic imine (C=N–C) groups is 1. The zero-order chi connectivity index (χ0) is 21.4. The van der Waals surface area contributed by atoms with E-state index in [9.17, 15) is 5.11 Å². The van der Waals surface area contributed by atoms with Gasteiger partial charge in [0.1, 0.15) is 5.60 Å². The van der Waals surface area contributed by atoms with Gasteiger partial charge in [-0.05, 0) is 54.3 Å². The number of benzene rings is 1. The summed E-state index contributed by atoms with van der Waals surface area (Å²) < 4.78 is 5.64. The second kappa shape index (κ2) is 10.9. The number of rotatable bonds is 8. The van der Waals surface area contributed by atoms with Crippen LogP contribution >= 0.6 is 11.3 Å². The van der Waals surface area contributed by atoms with E-state index in [0.29, 0.717) is 25.2 Å². The maximum atomic E-state index is 10.7. The van der Waals surface area contributed by atoms with Crippen molar-refractivity contribution in [3.05, 3.63) is 57.8 Å². The summed E-state index contributed by atoms with van der Waals surface area (Å²) in [5.41, 5.74) is 2.46. The van der Waals surface area contributed by atoms with E-state index in [2.05, 4.69) is 46.7 Å². The maximum absolute atomic E-state index is 10.7. The van der Waals surface area contributed by atoms with Gasteiger partial charge in [0.05, 0.1) is 25.8 Å². The normalized spacial score (nSPS) is 20.0. The van der Waals surface area contributed by atoms with Gasteiger partial charge in [0.2, 0.25) is 0 Å². The highest BCUT2D eigenvalue weighted by molar-refractivity contribution is 7.08. The molecule has 164 valence electrons. The number of hydrogen-bond acceptors (Lipinski definition) is 5. The number of nitrogens with zero attached hydrogens (tertiary/aromatic N) is 2. The minimum absolute atomic E-state index is 0.298. The lowest BCUT2D eigenvalue weighted by molar-refractivity contribution is -0.0212. The Morgan fingerprint density at radius 1 is 1.33 bits per heavy atom. The van der Waals surface area contributed by atoms with E-state index in [-0.39, 0.29) is 0 Å². The van der Waals surface area contributed by atoms with Crippen molar-refractivity contribution in [2.45, 2.75) is 45.6 Å². The second-order valence-electron chi connectivity index (χ2n) is 8.07. The molecule has 2 atom stereocenters. The Labute approximate surface area is 184 Å². The fraction of sp³-hybridized carbons (Fsp3) is 0.522. The first-order valence-corrected chi connectivity index (χ1v) is 11.6. The van der Waals surface area contributed by atoms with Crippen molar-refractivity contribution in [3.63, 3.8) is 0 Å². The summed E-state index contributed by atoms with van der Waals surface area (Å²) in [5, 5.41) is 21.2. The molecule has 7 heteroatoms. The summed E-state index contributed by atoms with van der Waals surface area (Å²) in [6.07, 6.45) is 0.298. The van der Waals surface area contributed by atoms with Gasteiger partial charge in [-0.3, -0.25) is 4.90 Å². The third-order valence-corrected chi connectivity index (χ3v) is 5.91. The molecule has 3 N–H and O–H groups in total. The van der Waals surface area contributed by atoms with Crippen molar-refractivity contribution in [2.75, 3.05) is 32.8 Å². The van der Waals surface area contributed by atoms with E-state index in [4.69, 9.17) is 9.73 Å². The molecule has 0 spiro atoms. The Morgan fingerprint density at radius 3 is 2.90 bits per heavy atom. The average Bonchev–Trinajstić information content (AvgIpc) is 3.26. The molecule has 2 unspecified atom stereocenters. The lowest BCUT2D eigenvalue weighted by Gasteiger charge is -2.31. The van der Waals surface area contributed by atoms with E-state index in [1.165, 1.54) is 11.1 Å². The van der Waals surface area contributed by atoms with Gasteiger partial charge in [-0.25, -0.2) is 4.99 Å². The first-order chi connectivity index (χ1) is 14.5. The van der Waals surface area contributed by atoms with Crippen molar-refractivity contribution in [1.82, 2.24) is 15.5 Å². The summed E-state index contributed by atoms with van der Waals surface area (Å²) in [6, 6.07) is 10.6. The Hall–Kier alpha value is -1.93. The molecule has 1 aromatic carbocycles. The van der Waals surface area contributed by atoms with Crippen molar-refractivity contribution in [3.8, 4) is 0 Å². The average molecular weight is 431 g/mol. The molecule has 0 aliphatic carbocycles. The summed E-state index contributed by atoms with van der Waals surface area (Å²) in [7, 11) is 0. The molecule has 1 aliphatic heterocycles. The van der Waals surface area contributed by atoms with Gasteiger partial charge in [0, 0.05) is 26.2 Å². The molecule has 0 amide bonds. The molecule has 1 saturated heterocycles. The molecule has 6 nitrogen and oxygen atoms in total. The number of aliphatic hydroxyl groups is 1. The molecular formula is C23H34N4O2S. The molecule has 2 heterocycles. The van der Waals surface area contributed by atoms with Crippen LogP contribution in [0.3, 0.4) is 0 Å². The molecule has 3 rings (SSSR count). The van der Waals surface area contributed by atoms with Crippen LogP contribution in [0.2, 0.25) is 0 Å². The van der Waals surface area contributed by atoms with Gasteiger partial charge in [0.15, 0.2) is 5.96 Å². The third-order valence-electron chi connectivity index (χ3n) is 5.23. The summed E-state index contributed by atoms with van der Waals surface area (Å²) in [5.74, 6) is 0.709. The van der Waals surface area contributed by atoms with Crippen molar-refractivity contribution in [1.29, 1.82) is 0 Å². The topological polar surface area (TPSA) is 69.1 Å². The van der Waals surface area contributed by atoms with Crippen molar-refractivity contribution < 1.29 is 9.84 Å². The fourth-order valence-electron chi connectivity index (χ4n) is 3.56. The summed E-state index contributed by atoms with van der Waals surface area (Å²) in [6.45, 7) is 11.4. The number of guanidine groups is 1. The van der Waals surface area contributed by atoms with E-state index in [1.54, 1.807) is 11.3 Å². The number of ether oxygens (including phenoxy) is 1. The molecule has 0 bridgehead atoms.